The Morgan fingerprint density at radius 1 is 1.27 bits per heavy atom. The van der Waals surface area contributed by atoms with Crippen LogP contribution in [-0.4, -0.2) is 27.9 Å². The van der Waals surface area contributed by atoms with Crippen molar-refractivity contribution in [2.24, 2.45) is 0 Å². The van der Waals surface area contributed by atoms with Gasteiger partial charge < -0.3 is 4.90 Å². The summed E-state index contributed by atoms with van der Waals surface area (Å²) < 4.78 is 0. The van der Waals surface area contributed by atoms with Crippen molar-refractivity contribution < 1.29 is 4.79 Å². The molecule has 3 nitrogen and oxygen atoms in total. The number of nitrogens with zero attached hydrogens (tertiary/aromatic N) is 2. The highest BCUT2D eigenvalue weighted by Crippen LogP contribution is 2.41. The zero-order chi connectivity index (χ0) is 10.3. The lowest BCUT2D eigenvalue weighted by molar-refractivity contribution is 0.0859. The second-order valence-electron chi connectivity index (χ2n) is 4.35. The Morgan fingerprint density at radius 3 is 2.60 bits per heavy atom. The predicted octanol–water partition coefficient (Wildman–Crippen LogP) is 1.85. The van der Waals surface area contributed by atoms with Gasteiger partial charge in [-0.2, -0.15) is 0 Å². The van der Waals surface area contributed by atoms with E-state index in [1.165, 1.54) is 25.7 Å². The first-order valence-electron chi connectivity index (χ1n) is 5.61. The monoisotopic (exact) mass is 202 g/mol. The molecule has 2 fully saturated rings. The van der Waals surface area contributed by atoms with Gasteiger partial charge in [-0.25, -0.2) is 0 Å². The molecule has 2 atom stereocenters. The number of carbonyl (C=O) groups is 1. The van der Waals surface area contributed by atoms with Crippen LogP contribution < -0.4 is 0 Å². The predicted molar refractivity (Wildman–Crippen MR) is 56.5 cm³/mol. The third-order valence-corrected chi connectivity index (χ3v) is 3.44. The highest BCUT2D eigenvalue weighted by atomic mass is 16.2. The van der Waals surface area contributed by atoms with E-state index in [1.807, 2.05) is 17.0 Å². The topological polar surface area (TPSA) is 33.0 Å². The summed E-state index contributed by atoms with van der Waals surface area (Å²) in [5.41, 5.74) is 0.590. The SMILES string of the molecule is O=C(c1ccccn1)N1C2CCCCC21. The maximum atomic E-state index is 12.0. The molecule has 0 N–H and O–H groups in total. The summed E-state index contributed by atoms with van der Waals surface area (Å²) in [4.78, 5) is 18.2. The Balaban J connectivity index is 1.77. The molecule has 1 amide bonds. The molecule has 2 unspecified atom stereocenters. The summed E-state index contributed by atoms with van der Waals surface area (Å²) in [6.07, 6.45) is 6.59. The molecule has 0 bridgehead atoms. The zero-order valence-electron chi connectivity index (χ0n) is 8.60. The summed E-state index contributed by atoms with van der Waals surface area (Å²) in [6, 6.07) is 6.55. The minimum Gasteiger partial charge on any atom is -0.327 e. The Morgan fingerprint density at radius 2 is 2.00 bits per heavy atom. The van der Waals surface area contributed by atoms with Crippen LogP contribution in [0.2, 0.25) is 0 Å². The van der Waals surface area contributed by atoms with E-state index in [9.17, 15) is 4.79 Å². The van der Waals surface area contributed by atoms with Gasteiger partial charge in [0.15, 0.2) is 0 Å². The van der Waals surface area contributed by atoms with E-state index in [4.69, 9.17) is 0 Å². The number of fused-ring (bicyclic) bond motifs is 1. The van der Waals surface area contributed by atoms with E-state index < -0.39 is 0 Å². The fourth-order valence-electron chi connectivity index (χ4n) is 2.63. The van der Waals surface area contributed by atoms with Gasteiger partial charge in [0.25, 0.3) is 5.91 Å². The quantitative estimate of drug-likeness (QED) is 0.651. The van der Waals surface area contributed by atoms with Gasteiger partial charge in [-0.1, -0.05) is 18.9 Å². The van der Waals surface area contributed by atoms with Crippen LogP contribution in [0.4, 0.5) is 0 Å². The van der Waals surface area contributed by atoms with Crippen molar-refractivity contribution >= 4 is 5.91 Å². The highest BCUT2D eigenvalue weighted by molar-refractivity contribution is 5.94. The van der Waals surface area contributed by atoms with Gasteiger partial charge in [0.2, 0.25) is 0 Å². The van der Waals surface area contributed by atoms with Crippen LogP contribution in [0.5, 0.6) is 0 Å². The van der Waals surface area contributed by atoms with E-state index >= 15 is 0 Å². The number of amides is 1. The fourth-order valence-corrected chi connectivity index (χ4v) is 2.63. The maximum Gasteiger partial charge on any atom is 0.273 e. The lowest BCUT2D eigenvalue weighted by Crippen LogP contribution is -2.15. The summed E-state index contributed by atoms with van der Waals surface area (Å²) >= 11 is 0. The number of rotatable bonds is 1. The minimum atomic E-state index is 0.118. The molecule has 0 radical (unpaired) electrons. The molecule has 15 heavy (non-hydrogen) atoms. The van der Waals surface area contributed by atoms with Crippen LogP contribution in [0.3, 0.4) is 0 Å². The number of hydrogen-bond acceptors (Lipinski definition) is 2. The van der Waals surface area contributed by atoms with E-state index in [0.29, 0.717) is 17.8 Å². The smallest absolute Gasteiger partial charge is 0.273 e. The molecule has 78 valence electrons. The molecular weight excluding hydrogens is 188 g/mol. The van der Waals surface area contributed by atoms with Crippen molar-refractivity contribution in [2.45, 2.75) is 37.8 Å². The second-order valence-corrected chi connectivity index (χ2v) is 4.35. The van der Waals surface area contributed by atoms with Crippen LogP contribution in [0.1, 0.15) is 36.2 Å². The van der Waals surface area contributed by atoms with Gasteiger partial charge in [-0.15, -0.1) is 0 Å². The van der Waals surface area contributed by atoms with Gasteiger partial charge in [0, 0.05) is 6.20 Å². The molecule has 2 heterocycles. The van der Waals surface area contributed by atoms with Crippen LogP contribution >= 0.6 is 0 Å². The van der Waals surface area contributed by atoms with Crippen LogP contribution in [0.25, 0.3) is 0 Å². The second kappa shape index (κ2) is 3.33. The van der Waals surface area contributed by atoms with E-state index in [0.717, 1.165) is 0 Å². The molecule has 1 aliphatic carbocycles. The Kier molecular flexibility index (Phi) is 1.97. The number of carbonyl (C=O) groups excluding carboxylic acids is 1. The van der Waals surface area contributed by atoms with Crippen LogP contribution in [-0.2, 0) is 0 Å². The summed E-state index contributed by atoms with van der Waals surface area (Å²) in [7, 11) is 0. The molecule has 3 rings (SSSR count). The lowest BCUT2D eigenvalue weighted by Gasteiger charge is -2.01. The van der Waals surface area contributed by atoms with Crippen molar-refractivity contribution in [2.75, 3.05) is 0 Å². The standard InChI is InChI=1S/C12H14N2O/c15-12(9-5-3-4-8-13-9)14-10-6-1-2-7-11(10)14/h3-5,8,10-11H,1-2,6-7H2. The zero-order valence-corrected chi connectivity index (χ0v) is 8.60. The van der Waals surface area contributed by atoms with E-state index in [-0.39, 0.29) is 5.91 Å². The van der Waals surface area contributed by atoms with Crippen molar-refractivity contribution in [3.8, 4) is 0 Å². The third kappa shape index (κ3) is 1.42. The van der Waals surface area contributed by atoms with Gasteiger partial charge in [-0.05, 0) is 25.0 Å². The first-order valence-corrected chi connectivity index (χ1v) is 5.61. The molecule has 1 aromatic rings. The van der Waals surface area contributed by atoms with Gasteiger partial charge in [0.05, 0.1) is 12.1 Å². The lowest BCUT2D eigenvalue weighted by atomic mass is 10.0. The minimum absolute atomic E-state index is 0.118. The molecule has 1 saturated heterocycles. The fraction of sp³-hybridized carbons (Fsp3) is 0.500. The molecule has 1 aromatic heterocycles. The normalized spacial score (nSPS) is 28.4. The van der Waals surface area contributed by atoms with Gasteiger partial charge >= 0.3 is 0 Å². The van der Waals surface area contributed by atoms with Crippen molar-refractivity contribution in [1.82, 2.24) is 9.88 Å². The molecular formula is C12H14N2O. The number of likely N-dealkylation sites (tertiary alicyclic amines) is 1. The van der Waals surface area contributed by atoms with E-state index in [2.05, 4.69) is 4.98 Å². The average Bonchev–Trinajstić information content (AvgIpc) is 3.03. The summed E-state index contributed by atoms with van der Waals surface area (Å²) in [5.74, 6) is 0.118. The van der Waals surface area contributed by atoms with Gasteiger partial charge in [-0.3, -0.25) is 9.78 Å². The Bertz CT molecular complexity index is 364. The van der Waals surface area contributed by atoms with Crippen LogP contribution in [0, 0.1) is 0 Å². The molecule has 3 heteroatoms. The Hall–Kier alpha value is -1.38. The van der Waals surface area contributed by atoms with Crippen LogP contribution in [0.15, 0.2) is 24.4 Å². The first kappa shape index (κ1) is 8.89. The molecule has 1 saturated carbocycles. The molecule has 0 aromatic carbocycles. The Labute approximate surface area is 89.1 Å². The third-order valence-electron chi connectivity index (χ3n) is 3.44. The molecule has 0 spiro atoms. The summed E-state index contributed by atoms with van der Waals surface area (Å²) in [6.45, 7) is 0. The molecule has 1 aliphatic heterocycles. The molecule has 2 aliphatic rings. The van der Waals surface area contributed by atoms with Crippen molar-refractivity contribution in [1.29, 1.82) is 0 Å². The largest absolute Gasteiger partial charge is 0.327 e. The van der Waals surface area contributed by atoms with Crippen molar-refractivity contribution in [3.63, 3.8) is 0 Å². The first-order chi connectivity index (χ1) is 7.38. The summed E-state index contributed by atoms with van der Waals surface area (Å²) in [5, 5.41) is 0. The number of pyridine rings is 1. The van der Waals surface area contributed by atoms with Crippen molar-refractivity contribution in [3.05, 3.63) is 30.1 Å². The number of aromatic nitrogens is 1. The maximum absolute atomic E-state index is 12.0. The van der Waals surface area contributed by atoms with E-state index in [1.54, 1.807) is 12.3 Å². The average molecular weight is 202 g/mol. The van der Waals surface area contributed by atoms with Gasteiger partial charge in [0.1, 0.15) is 5.69 Å². The highest BCUT2D eigenvalue weighted by Gasteiger charge is 2.51. The number of hydrogen-bond donors (Lipinski definition) is 0.